The summed E-state index contributed by atoms with van der Waals surface area (Å²) in [5.41, 5.74) is 2.75. The summed E-state index contributed by atoms with van der Waals surface area (Å²) in [5.74, 6) is 1.08. The second-order valence-electron chi connectivity index (χ2n) is 6.69. The Labute approximate surface area is 138 Å². The highest BCUT2D eigenvalue weighted by Crippen LogP contribution is 2.37. The Hall–Kier alpha value is -1.55. The quantitative estimate of drug-likeness (QED) is 0.798. The first-order chi connectivity index (χ1) is 11.3. The van der Waals surface area contributed by atoms with Crippen molar-refractivity contribution in [2.45, 2.75) is 38.0 Å². The van der Waals surface area contributed by atoms with Gasteiger partial charge >= 0.3 is 5.97 Å². The van der Waals surface area contributed by atoms with Crippen molar-refractivity contribution < 1.29 is 14.3 Å². The molecule has 2 aliphatic rings. The molecule has 1 heterocycles. The number of carbonyl (C=O) groups excluding carboxylic acids is 1. The molecule has 0 radical (unpaired) electrons. The first kappa shape index (κ1) is 16.3. The van der Waals surface area contributed by atoms with Crippen LogP contribution in [0.3, 0.4) is 0 Å². The Kier molecular flexibility index (Phi) is 5.55. The average Bonchev–Trinajstić information content (AvgIpc) is 2.63. The zero-order chi connectivity index (χ0) is 16.1. The first-order valence-electron chi connectivity index (χ1n) is 8.75. The third kappa shape index (κ3) is 4.25. The number of esters is 1. The Balaban J connectivity index is 1.53. The monoisotopic (exact) mass is 317 g/mol. The van der Waals surface area contributed by atoms with Crippen molar-refractivity contribution in [1.82, 2.24) is 0 Å². The van der Waals surface area contributed by atoms with Crippen molar-refractivity contribution >= 4 is 11.7 Å². The third-order valence-electron chi connectivity index (χ3n) is 5.27. The molecule has 1 aliphatic carbocycles. The lowest BCUT2D eigenvalue weighted by Gasteiger charge is -2.30. The van der Waals surface area contributed by atoms with E-state index < -0.39 is 0 Å². The van der Waals surface area contributed by atoms with Gasteiger partial charge in [0.15, 0.2) is 0 Å². The van der Waals surface area contributed by atoms with E-state index in [0.717, 1.165) is 39.1 Å². The van der Waals surface area contributed by atoms with Gasteiger partial charge in [-0.25, -0.2) is 0 Å². The van der Waals surface area contributed by atoms with Gasteiger partial charge in [0.2, 0.25) is 0 Å². The molecule has 4 heteroatoms. The van der Waals surface area contributed by atoms with Gasteiger partial charge < -0.3 is 14.4 Å². The minimum Gasteiger partial charge on any atom is -0.469 e. The molecule has 3 rings (SSSR count). The molecule has 1 saturated carbocycles. The predicted octanol–water partition coefficient (Wildman–Crippen LogP) is 3.36. The number of nitrogens with zero attached hydrogens (tertiary/aromatic N) is 1. The molecule has 23 heavy (non-hydrogen) atoms. The summed E-state index contributed by atoms with van der Waals surface area (Å²) in [4.78, 5) is 13.8. The number of hydrogen-bond donors (Lipinski definition) is 0. The maximum Gasteiger partial charge on any atom is 0.305 e. The van der Waals surface area contributed by atoms with E-state index in [2.05, 4.69) is 29.2 Å². The second-order valence-corrected chi connectivity index (χ2v) is 6.69. The molecular formula is C19H27NO3. The lowest BCUT2D eigenvalue weighted by molar-refractivity contribution is -0.142. The number of ether oxygens (including phenoxy) is 2. The van der Waals surface area contributed by atoms with Crippen LogP contribution in [0.1, 0.15) is 43.6 Å². The second kappa shape index (κ2) is 7.82. The van der Waals surface area contributed by atoms with E-state index in [9.17, 15) is 4.79 Å². The van der Waals surface area contributed by atoms with Gasteiger partial charge in [-0.1, -0.05) is 12.1 Å². The Morgan fingerprint density at radius 2 is 1.78 bits per heavy atom. The van der Waals surface area contributed by atoms with E-state index in [1.807, 2.05) is 0 Å². The Morgan fingerprint density at radius 1 is 1.13 bits per heavy atom. The van der Waals surface area contributed by atoms with Crippen LogP contribution >= 0.6 is 0 Å². The largest absolute Gasteiger partial charge is 0.469 e. The molecule has 0 N–H and O–H groups in total. The fraction of sp³-hybridized carbons (Fsp3) is 0.632. The fourth-order valence-electron chi connectivity index (χ4n) is 3.80. The summed E-state index contributed by atoms with van der Waals surface area (Å²) in [6.45, 7) is 3.62. The van der Waals surface area contributed by atoms with Crippen molar-refractivity contribution in [3.05, 3.63) is 29.8 Å². The van der Waals surface area contributed by atoms with Crippen molar-refractivity contribution in [2.75, 3.05) is 38.3 Å². The topological polar surface area (TPSA) is 38.8 Å². The smallest absolute Gasteiger partial charge is 0.305 e. The van der Waals surface area contributed by atoms with Crippen molar-refractivity contribution in [3.8, 4) is 0 Å². The number of rotatable bonds is 4. The van der Waals surface area contributed by atoms with E-state index in [4.69, 9.17) is 9.47 Å². The lowest BCUT2D eigenvalue weighted by Crippen LogP contribution is -2.36. The maximum atomic E-state index is 11.4. The normalized spacial score (nSPS) is 25.2. The van der Waals surface area contributed by atoms with E-state index >= 15 is 0 Å². The highest BCUT2D eigenvalue weighted by atomic mass is 16.5. The first-order valence-corrected chi connectivity index (χ1v) is 8.75. The average molecular weight is 317 g/mol. The highest BCUT2D eigenvalue weighted by molar-refractivity contribution is 5.69. The van der Waals surface area contributed by atoms with Gasteiger partial charge in [0.25, 0.3) is 0 Å². The Morgan fingerprint density at radius 3 is 2.39 bits per heavy atom. The van der Waals surface area contributed by atoms with Gasteiger partial charge in [-0.2, -0.15) is 0 Å². The third-order valence-corrected chi connectivity index (χ3v) is 5.27. The summed E-state index contributed by atoms with van der Waals surface area (Å²) >= 11 is 0. The van der Waals surface area contributed by atoms with Crippen LogP contribution in [-0.4, -0.2) is 39.4 Å². The lowest BCUT2D eigenvalue weighted by atomic mass is 9.77. The molecule has 0 unspecified atom stereocenters. The van der Waals surface area contributed by atoms with E-state index in [1.165, 1.54) is 31.2 Å². The molecular weight excluding hydrogens is 290 g/mol. The van der Waals surface area contributed by atoms with Crippen molar-refractivity contribution in [1.29, 1.82) is 0 Å². The van der Waals surface area contributed by atoms with Gasteiger partial charge in [-0.3, -0.25) is 4.79 Å². The van der Waals surface area contributed by atoms with Crippen LogP contribution in [0.25, 0.3) is 0 Å². The van der Waals surface area contributed by atoms with Crippen LogP contribution in [0.2, 0.25) is 0 Å². The van der Waals surface area contributed by atoms with E-state index in [0.29, 0.717) is 18.3 Å². The standard InChI is InChI=1S/C19H27NO3/c1-22-19(21)14-15-2-4-16(5-3-15)17-6-8-18(9-7-17)20-10-12-23-13-11-20/h6-9,15-16H,2-5,10-14H2,1H3/t15-,16+. The van der Waals surface area contributed by atoms with Crippen molar-refractivity contribution in [2.24, 2.45) is 5.92 Å². The van der Waals surface area contributed by atoms with Gasteiger partial charge in [-0.05, 0) is 55.2 Å². The van der Waals surface area contributed by atoms with Gasteiger partial charge in [0.05, 0.1) is 20.3 Å². The van der Waals surface area contributed by atoms with Crippen LogP contribution in [-0.2, 0) is 14.3 Å². The number of hydrogen-bond acceptors (Lipinski definition) is 4. The molecule has 126 valence electrons. The molecule has 1 aromatic rings. The molecule has 1 saturated heterocycles. The van der Waals surface area contributed by atoms with Crippen molar-refractivity contribution in [3.63, 3.8) is 0 Å². The number of morpholine rings is 1. The van der Waals surface area contributed by atoms with Gasteiger partial charge in [0.1, 0.15) is 0 Å². The van der Waals surface area contributed by atoms with Gasteiger partial charge in [0, 0.05) is 25.2 Å². The number of methoxy groups -OCH3 is 1. The van der Waals surface area contributed by atoms with Crippen LogP contribution in [0, 0.1) is 5.92 Å². The molecule has 0 bridgehead atoms. The van der Waals surface area contributed by atoms with Crippen LogP contribution < -0.4 is 4.90 Å². The molecule has 0 atom stereocenters. The predicted molar refractivity (Wildman–Crippen MR) is 90.8 cm³/mol. The number of benzene rings is 1. The molecule has 1 aliphatic heterocycles. The fourth-order valence-corrected chi connectivity index (χ4v) is 3.80. The zero-order valence-electron chi connectivity index (χ0n) is 14.0. The Bertz CT molecular complexity index is 500. The number of anilines is 1. The summed E-state index contributed by atoms with van der Waals surface area (Å²) in [7, 11) is 1.48. The molecule has 4 nitrogen and oxygen atoms in total. The summed E-state index contributed by atoms with van der Waals surface area (Å²) in [6.07, 6.45) is 5.20. The molecule has 1 aromatic carbocycles. The summed E-state index contributed by atoms with van der Waals surface area (Å²) in [5, 5.41) is 0. The van der Waals surface area contributed by atoms with Crippen LogP contribution in [0.15, 0.2) is 24.3 Å². The molecule has 0 amide bonds. The SMILES string of the molecule is COC(=O)C[C@H]1CC[C@@H](c2ccc(N3CCOCC3)cc2)CC1. The summed E-state index contributed by atoms with van der Waals surface area (Å²) in [6, 6.07) is 9.08. The van der Waals surface area contributed by atoms with E-state index in [1.54, 1.807) is 0 Å². The summed E-state index contributed by atoms with van der Waals surface area (Å²) < 4.78 is 10.2. The zero-order valence-corrected chi connectivity index (χ0v) is 14.0. The maximum absolute atomic E-state index is 11.4. The minimum atomic E-state index is -0.0664. The minimum absolute atomic E-state index is 0.0664. The highest BCUT2D eigenvalue weighted by Gasteiger charge is 2.24. The molecule has 2 fully saturated rings. The molecule has 0 spiro atoms. The number of carbonyl (C=O) groups is 1. The van der Waals surface area contributed by atoms with E-state index in [-0.39, 0.29) is 5.97 Å². The van der Waals surface area contributed by atoms with Crippen LogP contribution in [0.4, 0.5) is 5.69 Å². The molecule has 0 aromatic heterocycles. The van der Waals surface area contributed by atoms with Crippen LogP contribution in [0.5, 0.6) is 0 Å². The van der Waals surface area contributed by atoms with Gasteiger partial charge in [-0.15, -0.1) is 0 Å².